The van der Waals surface area contributed by atoms with Crippen molar-refractivity contribution in [3.05, 3.63) is 105 Å². The average molecular weight is 344 g/mol. The lowest BCUT2D eigenvalue weighted by Gasteiger charge is -2.21. The number of carboxylic acids is 1. The van der Waals surface area contributed by atoms with E-state index >= 15 is 0 Å². The highest BCUT2D eigenvalue weighted by Crippen LogP contribution is 2.34. The third-order valence-electron chi connectivity index (χ3n) is 4.65. The Morgan fingerprint density at radius 3 is 1.38 bits per heavy atom. The SMILES string of the molecule is Cc1cc(C)cc(C(c2ccc(C(=O)O)cc2)c2cc(C)cc(C)c2)c1. The summed E-state index contributed by atoms with van der Waals surface area (Å²) in [6, 6.07) is 20.5. The van der Waals surface area contributed by atoms with E-state index in [0.717, 1.165) is 5.56 Å². The second kappa shape index (κ2) is 7.17. The van der Waals surface area contributed by atoms with Crippen molar-refractivity contribution >= 4 is 5.97 Å². The highest BCUT2D eigenvalue weighted by Gasteiger charge is 2.18. The van der Waals surface area contributed by atoms with Gasteiger partial charge >= 0.3 is 5.97 Å². The van der Waals surface area contributed by atoms with Crippen molar-refractivity contribution in [2.75, 3.05) is 0 Å². The fourth-order valence-electron chi connectivity index (χ4n) is 3.75. The van der Waals surface area contributed by atoms with Crippen LogP contribution in [-0.4, -0.2) is 11.1 Å². The average Bonchev–Trinajstić information content (AvgIpc) is 2.53. The summed E-state index contributed by atoms with van der Waals surface area (Å²) in [6.45, 7) is 8.45. The van der Waals surface area contributed by atoms with E-state index in [0.29, 0.717) is 5.56 Å². The van der Waals surface area contributed by atoms with Gasteiger partial charge in [-0.3, -0.25) is 0 Å². The van der Waals surface area contributed by atoms with E-state index in [1.807, 2.05) is 12.1 Å². The Kier molecular flexibility index (Phi) is 4.94. The summed E-state index contributed by atoms with van der Waals surface area (Å²) in [5.41, 5.74) is 8.81. The van der Waals surface area contributed by atoms with Crippen molar-refractivity contribution in [1.82, 2.24) is 0 Å². The fraction of sp³-hybridized carbons (Fsp3) is 0.208. The van der Waals surface area contributed by atoms with E-state index < -0.39 is 5.97 Å². The lowest BCUT2D eigenvalue weighted by atomic mass is 9.82. The monoisotopic (exact) mass is 344 g/mol. The van der Waals surface area contributed by atoms with Crippen LogP contribution in [0, 0.1) is 27.7 Å². The molecule has 0 unspecified atom stereocenters. The molecule has 3 aromatic carbocycles. The Balaban J connectivity index is 2.19. The molecular weight excluding hydrogens is 320 g/mol. The van der Waals surface area contributed by atoms with Crippen LogP contribution in [0.5, 0.6) is 0 Å². The number of carbonyl (C=O) groups is 1. The van der Waals surface area contributed by atoms with Gasteiger partial charge in [-0.2, -0.15) is 0 Å². The number of hydrogen-bond acceptors (Lipinski definition) is 1. The minimum atomic E-state index is -0.897. The van der Waals surface area contributed by atoms with E-state index in [4.69, 9.17) is 0 Å². The van der Waals surface area contributed by atoms with Crippen LogP contribution in [0.1, 0.15) is 55.2 Å². The van der Waals surface area contributed by atoms with Crippen molar-refractivity contribution < 1.29 is 9.90 Å². The summed E-state index contributed by atoms with van der Waals surface area (Å²) in [5.74, 6) is -0.819. The van der Waals surface area contributed by atoms with Crippen LogP contribution in [0.3, 0.4) is 0 Å². The van der Waals surface area contributed by atoms with Gasteiger partial charge in [-0.1, -0.05) is 70.8 Å². The molecule has 3 aromatic rings. The number of hydrogen-bond donors (Lipinski definition) is 1. The predicted octanol–water partition coefficient (Wildman–Crippen LogP) is 5.80. The molecule has 0 amide bonds. The van der Waals surface area contributed by atoms with Gasteiger partial charge in [0.25, 0.3) is 0 Å². The Morgan fingerprint density at radius 2 is 1.04 bits per heavy atom. The van der Waals surface area contributed by atoms with E-state index in [2.05, 4.69) is 64.1 Å². The first-order chi connectivity index (χ1) is 12.3. The Labute approximate surface area is 155 Å². The first kappa shape index (κ1) is 17.9. The van der Waals surface area contributed by atoms with Crippen molar-refractivity contribution in [2.24, 2.45) is 0 Å². The van der Waals surface area contributed by atoms with Crippen LogP contribution in [0.15, 0.2) is 60.7 Å². The topological polar surface area (TPSA) is 37.3 Å². The summed E-state index contributed by atoms with van der Waals surface area (Å²) in [5, 5.41) is 9.19. The second-order valence-corrected chi connectivity index (χ2v) is 7.20. The quantitative estimate of drug-likeness (QED) is 0.607. The first-order valence-corrected chi connectivity index (χ1v) is 8.83. The fourth-order valence-corrected chi connectivity index (χ4v) is 3.75. The van der Waals surface area contributed by atoms with Gasteiger partial charge in [-0.05, 0) is 56.5 Å². The summed E-state index contributed by atoms with van der Waals surface area (Å²) in [7, 11) is 0. The number of benzene rings is 3. The standard InChI is InChI=1S/C24H24O2/c1-15-9-16(2)12-21(11-15)23(22-13-17(3)10-18(4)14-22)19-5-7-20(8-6-19)24(25)26/h5-14,23H,1-4H3,(H,25,26). The summed E-state index contributed by atoms with van der Waals surface area (Å²) >= 11 is 0. The minimum Gasteiger partial charge on any atom is -0.478 e. The molecule has 0 saturated heterocycles. The Hall–Kier alpha value is -2.87. The second-order valence-electron chi connectivity index (χ2n) is 7.20. The molecule has 2 nitrogen and oxygen atoms in total. The van der Waals surface area contributed by atoms with Gasteiger partial charge in [0.05, 0.1) is 5.56 Å². The van der Waals surface area contributed by atoms with E-state index in [1.165, 1.54) is 33.4 Å². The maximum Gasteiger partial charge on any atom is 0.335 e. The Morgan fingerprint density at radius 1 is 0.654 bits per heavy atom. The van der Waals surface area contributed by atoms with Gasteiger partial charge in [-0.15, -0.1) is 0 Å². The van der Waals surface area contributed by atoms with Crippen LogP contribution < -0.4 is 0 Å². The molecule has 0 heterocycles. The van der Waals surface area contributed by atoms with Crippen LogP contribution >= 0.6 is 0 Å². The molecule has 0 spiro atoms. The number of aromatic carboxylic acids is 1. The molecule has 0 atom stereocenters. The predicted molar refractivity (Wildman–Crippen MR) is 106 cm³/mol. The van der Waals surface area contributed by atoms with Crippen molar-refractivity contribution in [3.63, 3.8) is 0 Å². The maximum atomic E-state index is 11.2. The van der Waals surface area contributed by atoms with Crippen LogP contribution in [0.4, 0.5) is 0 Å². The molecule has 0 aromatic heterocycles. The molecule has 0 bridgehead atoms. The summed E-state index contributed by atoms with van der Waals surface area (Å²) in [4.78, 5) is 11.2. The highest BCUT2D eigenvalue weighted by atomic mass is 16.4. The zero-order chi connectivity index (χ0) is 18.8. The molecule has 3 rings (SSSR count). The Bertz CT molecular complexity index is 860. The highest BCUT2D eigenvalue weighted by molar-refractivity contribution is 5.87. The molecule has 0 aliphatic carbocycles. The summed E-state index contributed by atoms with van der Waals surface area (Å²) < 4.78 is 0. The zero-order valence-corrected chi connectivity index (χ0v) is 15.7. The molecular formula is C24H24O2. The third-order valence-corrected chi connectivity index (χ3v) is 4.65. The molecule has 0 aliphatic heterocycles. The lowest BCUT2D eigenvalue weighted by molar-refractivity contribution is 0.0697. The van der Waals surface area contributed by atoms with Gasteiger partial charge in [0.1, 0.15) is 0 Å². The van der Waals surface area contributed by atoms with Crippen molar-refractivity contribution in [1.29, 1.82) is 0 Å². The maximum absolute atomic E-state index is 11.2. The van der Waals surface area contributed by atoms with Crippen LogP contribution in [-0.2, 0) is 0 Å². The van der Waals surface area contributed by atoms with Crippen LogP contribution in [0.2, 0.25) is 0 Å². The molecule has 132 valence electrons. The van der Waals surface area contributed by atoms with E-state index in [1.54, 1.807) is 12.1 Å². The molecule has 0 radical (unpaired) electrons. The van der Waals surface area contributed by atoms with Crippen molar-refractivity contribution in [2.45, 2.75) is 33.6 Å². The molecule has 0 saturated carbocycles. The normalized spacial score (nSPS) is 11.0. The third kappa shape index (κ3) is 3.85. The largest absolute Gasteiger partial charge is 0.478 e. The van der Waals surface area contributed by atoms with Gasteiger partial charge in [0.15, 0.2) is 0 Å². The molecule has 0 fully saturated rings. The minimum absolute atomic E-state index is 0.0787. The van der Waals surface area contributed by atoms with Crippen molar-refractivity contribution in [3.8, 4) is 0 Å². The number of aryl methyl sites for hydroxylation is 4. The smallest absolute Gasteiger partial charge is 0.335 e. The molecule has 0 aliphatic rings. The molecule has 1 N–H and O–H groups in total. The van der Waals surface area contributed by atoms with Crippen LogP contribution in [0.25, 0.3) is 0 Å². The van der Waals surface area contributed by atoms with Gasteiger partial charge < -0.3 is 5.11 Å². The van der Waals surface area contributed by atoms with Gasteiger partial charge in [0.2, 0.25) is 0 Å². The van der Waals surface area contributed by atoms with Gasteiger partial charge in [-0.25, -0.2) is 4.79 Å². The van der Waals surface area contributed by atoms with E-state index in [9.17, 15) is 9.90 Å². The van der Waals surface area contributed by atoms with Gasteiger partial charge in [0, 0.05) is 5.92 Å². The number of rotatable bonds is 4. The lowest BCUT2D eigenvalue weighted by Crippen LogP contribution is -2.06. The summed E-state index contributed by atoms with van der Waals surface area (Å²) in [6.07, 6.45) is 0. The molecule has 26 heavy (non-hydrogen) atoms. The zero-order valence-electron chi connectivity index (χ0n) is 15.7. The molecule has 2 heteroatoms. The van der Waals surface area contributed by atoms with E-state index in [-0.39, 0.29) is 5.92 Å². The number of carboxylic acid groups (broad SMARTS) is 1. The first-order valence-electron chi connectivity index (χ1n) is 8.83.